The molecule has 2 aromatic heterocycles. The molecule has 2 aromatic carbocycles. The number of benzene rings is 2. The summed E-state index contributed by atoms with van der Waals surface area (Å²) in [5.74, 6) is -1.54. The molecule has 2 unspecified atom stereocenters. The summed E-state index contributed by atoms with van der Waals surface area (Å²) in [5, 5.41) is 25.9. The number of nitrogens with zero attached hydrogens (tertiary/aromatic N) is 4. The summed E-state index contributed by atoms with van der Waals surface area (Å²) in [7, 11) is -2.23. The summed E-state index contributed by atoms with van der Waals surface area (Å²) in [6.07, 6.45) is 5.07. The Morgan fingerprint density at radius 2 is 1.76 bits per heavy atom. The van der Waals surface area contributed by atoms with Crippen molar-refractivity contribution in [2.45, 2.75) is 133 Å². The normalized spacial score (nSPS) is 24.9. The summed E-state index contributed by atoms with van der Waals surface area (Å²) < 4.78 is 41.1. The lowest BCUT2D eigenvalue weighted by atomic mass is 10.0. The molecule has 0 spiro atoms. The van der Waals surface area contributed by atoms with Gasteiger partial charge in [0.15, 0.2) is 5.13 Å². The second kappa shape index (κ2) is 20.0. The van der Waals surface area contributed by atoms with Gasteiger partial charge in [0.05, 0.1) is 29.8 Å². The van der Waals surface area contributed by atoms with E-state index in [0.717, 1.165) is 36.4 Å². The molecule has 17 nitrogen and oxygen atoms in total. The highest BCUT2D eigenvalue weighted by Gasteiger charge is 2.62. The number of carbonyl (C=O) groups excluding carboxylic acids is 3. The predicted octanol–water partition coefficient (Wildman–Crippen LogP) is 6.18. The molecule has 4 aliphatic rings. The van der Waals surface area contributed by atoms with E-state index < -0.39 is 63.6 Å². The van der Waals surface area contributed by atoms with Crippen LogP contribution in [0.1, 0.15) is 91.0 Å². The zero-order valence-corrected chi connectivity index (χ0v) is 40.4. The fraction of sp³-hybridized carbons (Fsp3) is 0.542. The van der Waals surface area contributed by atoms with Crippen molar-refractivity contribution in [3.8, 4) is 22.9 Å². The molecule has 4 amide bonds. The first kappa shape index (κ1) is 47.9. The number of nitrogens with one attached hydrogen (secondary N) is 4. The first-order chi connectivity index (χ1) is 32.1. The maximum absolute atomic E-state index is 15.0. The number of methoxy groups -OCH3 is 1. The van der Waals surface area contributed by atoms with Crippen molar-refractivity contribution in [1.82, 2.24) is 35.1 Å². The van der Waals surface area contributed by atoms with Crippen LogP contribution < -0.4 is 30.7 Å². The van der Waals surface area contributed by atoms with Gasteiger partial charge in [-0.2, -0.15) is 4.31 Å². The first-order valence-corrected chi connectivity index (χ1v) is 25.8. The van der Waals surface area contributed by atoms with E-state index in [9.17, 15) is 32.7 Å². The number of carbonyl (C=O) groups is 4. The third-order valence-corrected chi connectivity index (χ3v) is 16.3. The smallest absolute Gasteiger partial charge is 0.329 e. The van der Waals surface area contributed by atoms with Crippen LogP contribution >= 0.6 is 11.3 Å². The summed E-state index contributed by atoms with van der Waals surface area (Å²) >= 11 is 1.45. The van der Waals surface area contributed by atoms with Crippen LogP contribution in [0.15, 0.2) is 58.8 Å². The van der Waals surface area contributed by atoms with Gasteiger partial charge in [-0.25, -0.2) is 28.0 Å². The maximum atomic E-state index is 15.0. The molecule has 8 rings (SSSR count). The van der Waals surface area contributed by atoms with Crippen LogP contribution in [-0.4, -0.2) is 119 Å². The number of anilines is 1. The highest BCUT2D eigenvalue weighted by Crippen LogP contribution is 2.48. The number of carboxylic acids is 1. The van der Waals surface area contributed by atoms with E-state index in [1.54, 1.807) is 37.4 Å². The lowest BCUT2D eigenvalue weighted by molar-refractivity contribution is -0.145. The van der Waals surface area contributed by atoms with E-state index in [2.05, 4.69) is 21.3 Å². The Labute approximate surface area is 395 Å². The molecule has 4 aromatic rings. The van der Waals surface area contributed by atoms with Crippen molar-refractivity contribution in [2.24, 2.45) is 11.8 Å². The Kier molecular flexibility index (Phi) is 14.3. The number of fused-ring (bicyclic) bond motifs is 4. The van der Waals surface area contributed by atoms with Gasteiger partial charge < -0.3 is 40.7 Å². The summed E-state index contributed by atoms with van der Waals surface area (Å²) in [5.41, 5.74) is 1.09. The van der Waals surface area contributed by atoms with E-state index in [1.807, 2.05) is 51.3 Å². The number of carboxylic acid groups (broad SMARTS) is 1. The number of pyridine rings is 1. The molecule has 0 bridgehead atoms. The Morgan fingerprint density at radius 3 is 2.51 bits per heavy atom. The van der Waals surface area contributed by atoms with Gasteiger partial charge in [-0.1, -0.05) is 64.2 Å². The van der Waals surface area contributed by atoms with Crippen LogP contribution in [0.3, 0.4) is 0 Å². The lowest BCUT2D eigenvalue weighted by Crippen LogP contribution is -2.58. The number of hydrogen-bond donors (Lipinski definition) is 5. The molecule has 3 aliphatic heterocycles. The molecule has 360 valence electrons. The minimum Gasteiger partial charge on any atom is -0.497 e. The van der Waals surface area contributed by atoms with Gasteiger partial charge in [0.2, 0.25) is 21.8 Å². The second-order valence-electron chi connectivity index (χ2n) is 19.0. The number of amides is 4. The fourth-order valence-corrected chi connectivity index (χ4v) is 12.2. The van der Waals surface area contributed by atoms with Gasteiger partial charge in [0.1, 0.15) is 40.9 Å². The second-order valence-corrected chi connectivity index (χ2v) is 21.7. The van der Waals surface area contributed by atoms with Crippen LogP contribution in [0.4, 0.5) is 9.93 Å². The molecule has 67 heavy (non-hydrogen) atoms. The van der Waals surface area contributed by atoms with Gasteiger partial charge in [0.25, 0.3) is 0 Å². The monoisotopic (exact) mass is 958 g/mol. The zero-order chi connectivity index (χ0) is 47.6. The van der Waals surface area contributed by atoms with Crippen LogP contribution in [-0.2, 0) is 30.8 Å². The third-order valence-electron chi connectivity index (χ3n) is 13.5. The predicted molar refractivity (Wildman–Crippen MR) is 255 cm³/mol. The van der Waals surface area contributed by atoms with Crippen molar-refractivity contribution >= 4 is 61.2 Å². The van der Waals surface area contributed by atoms with E-state index in [0.29, 0.717) is 59.5 Å². The molecular formula is C48H62N8O9S2. The molecular weight excluding hydrogens is 897 g/mol. The van der Waals surface area contributed by atoms with E-state index in [-0.39, 0.29) is 55.2 Å². The fourth-order valence-electron chi connectivity index (χ4n) is 9.63. The Hall–Kier alpha value is -5.53. The Balaban J connectivity index is 1.07. The van der Waals surface area contributed by atoms with E-state index >= 15 is 0 Å². The van der Waals surface area contributed by atoms with Gasteiger partial charge >= 0.3 is 12.0 Å². The number of urea groups is 1. The van der Waals surface area contributed by atoms with Crippen molar-refractivity contribution in [2.75, 3.05) is 32.1 Å². The molecule has 2 saturated heterocycles. The van der Waals surface area contributed by atoms with Gasteiger partial charge in [-0.05, 0) is 75.1 Å². The minimum atomic E-state index is -3.80. The topological polar surface area (TPSA) is 221 Å². The average Bonchev–Trinajstić information content (AvgIpc) is 3.55. The van der Waals surface area contributed by atoms with Crippen molar-refractivity contribution in [1.29, 1.82) is 0 Å². The molecule has 1 saturated carbocycles. The number of rotatable bonds is 12. The molecule has 6 atom stereocenters. The van der Waals surface area contributed by atoms with Crippen LogP contribution in [0.5, 0.6) is 11.5 Å². The highest BCUT2D eigenvalue weighted by molar-refractivity contribution is 7.89. The van der Waals surface area contributed by atoms with Crippen molar-refractivity contribution in [3.05, 3.63) is 59.5 Å². The number of aromatic nitrogens is 2. The highest BCUT2D eigenvalue weighted by atomic mass is 32.2. The summed E-state index contributed by atoms with van der Waals surface area (Å²) in [4.78, 5) is 67.7. The quantitative estimate of drug-likeness (QED) is 0.108. The van der Waals surface area contributed by atoms with Crippen LogP contribution in [0, 0.1) is 11.8 Å². The molecule has 19 heteroatoms. The Bertz CT molecular complexity index is 2610. The van der Waals surface area contributed by atoms with Crippen molar-refractivity contribution in [3.63, 3.8) is 0 Å². The largest absolute Gasteiger partial charge is 0.497 e. The van der Waals surface area contributed by atoms with Gasteiger partial charge in [-0.15, -0.1) is 11.3 Å². The minimum absolute atomic E-state index is 0.0302. The lowest BCUT2D eigenvalue weighted by Gasteiger charge is -2.33. The third kappa shape index (κ3) is 10.5. The number of hydrogen-bond acceptors (Lipinski definition) is 12. The van der Waals surface area contributed by atoms with E-state index in [1.165, 1.54) is 20.5 Å². The molecule has 5 N–H and O–H groups in total. The zero-order valence-electron chi connectivity index (χ0n) is 38.7. The standard InChI is InChI=1S/C48H62N8O9S2/c1-28(2)38(26-55-20-19-30-13-11-12-16-42(30)67(55,62)63)52-46(61)51-35-15-10-8-6-7-9-14-31-24-48(31,45(59)60)54-43(57)40-22-33(25-56(40)44(35)58)65-41-23-37(39-27-66-47(53-39)49-29(3)4)50-36-21-32(64-5)17-18-34(36)41/h11-13,16-18,21,23,27-29,31,33,35,38,40H,6-10,14-15,19-20,22,24-26H2,1-5H3,(H,49,53)(H,54,57)(H,59,60)(H2,51,52,61)/t31?,33-,35+,38?,40+,48-/m1/s1. The number of aliphatic carboxylic acids is 1. The first-order valence-electron chi connectivity index (χ1n) is 23.4. The van der Waals surface area contributed by atoms with Crippen molar-refractivity contribution < 1.29 is 42.2 Å². The summed E-state index contributed by atoms with van der Waals surface area (Å²) in [6.45, 7) is 8.13. The molecule has 5 heterocycles. The molecule has 3 fully saturated rings. The summed E-state index contributed by atoms with van der Waals surface area (Å²) in [6, 6.07) is 10.9. The molecule has 1 aliphatic carbocycles. The van der Waals surface area contributed by atoms with Gasteiger partial charge in [0, 0.05) is 54.5 Å². The van der Waals surface area contributed by atoms with Gasteiger partial charge in [-0.3, -0.25) is 9.59 Å². The molecule has 0 radical (unpaired) electrons. The number of thiazole rings is 1. The maximum Gasteiger partial charge on any atom is 0.329 e. The van der Waals surface area contributed by atoms with Crippen LogP contribution in [0.25, 0.3) is 22.3 Å². The van der Waals surface area contributed by atoms with E-state index in [4.69, 9.17) is 19.4 Å². The average molecular weight is 959 g/mol. The number of sulfonamides is 1. The number of ether oxygens (including phenoxy) is 2. The SMILES string of the molecule is COc1ccc2c(O[C@@H]3C[C@H]4C(=O)N[C@]5(C(=O)O)CC5CCCCCCC[C@H](NC(=O)NC(CN5CCc6ccccc6S5(=O)=O)C(C)C)C(=O)N4C3)cc(-c3csc(NC(C)C)n3)nc2c1. The van der Waals surface area contributed by atoms with Crippen LogP contribution in [0.2, 0.25) is 0 Å². The Morgan fingerprint density at radius 1 is 1.00 bits per heavy atom.